The average molecular weight is 208 g/mol. The Morgan fingerprint density at radius 2 is 2.15 bits per heavy atom. The Kier molecular flexibility index (Phi) is 2.51. The summed E-state index contributed by atoms with van der Waals surface area (Å²) in [5.74, 6) is -0.658. The second-order valence-corrected chi connectivity index (χ2v) is 3.96. The molecule has 0 aromatic carbocycles. The van der Waals surface area contributed by atoms with Gasteiger partial charge in [-0.15, -0.1) is 11.6 Å². The minimum Gasteiger partial charge on any atom is -0.369 e. The Balaban J connectivity index is 2.17. The first-order chi connectivity index (χ1) is 6.23. The highest BCUT2D eigenvalue weighted by atomic mass is 35.5. The molecule has 76 valence electrons. The molecule has 2 aliphatic heterocycles. The summed E-state index contributed by atoms with van der Waals surface area (Å²) in [6.07, 6.45) is 0.00145. The number of hydrogen-bond acceptors (Lipinski definition) is 4. The monoisotopic (exact) mass is 207 g/mol. The number of ether oxygens (including phenoxy) is 3. The van der Waals surface area contributed by atoms with Gasteiger partial charge in [-0.3, -0.25) is 0 Å². The van der Waals surface area contributed by atoms with Crippen LogP contribution in [0.3, 0.4) is 0 Å². The summed E-state index contributed by atoms with van der Waals surface area (Å²) in [4.78, 5) is 0. The number of hydrogen-bond donors (Lipinski definition) is 1. The fourth-order valence-corrected chi connectivity index (χ4v) is 2.35. The number of halogens is 1. The number of methoxy groups -OCH3 is 2. The molecule has 0 unspecified atom stereocenters. The molecule has 13 heavy (non-hydrogen) atoms. The van der Waals surface area contributed by atoms with Crippen LogP contribution in [0, 0.1) is 0 Å². The summed E-state index contributed by atoms with van der Waals surface area (Å²) >= 11 is 6.06. The predicted octanol–water partition coefficient (Wildman–Crippen LogP) is -0.0465. The molecule has 0 radical (unpaired) electrons. The van der Waals surface area contributed by atoms with Crippen LogP contribution in [-0.4, -0.2) is 50.7 Å². The first kappa shape index (κ1) is 9.68. The zero-order valence-corrected chi connectivity index (χ0v) is 8.50. The van der Waals surface area contributed by atoms with Crippen molar-refractivity contribution in [3.05, 3.63) is 0 Å². The van der Waals surface area contributed by atoms with Gasteiger partial charge < -0.3 is 19.5 Å². The van der Waals surface area contributed by atoms with Gasteiger partial charge in [0, 0.05) is 20.8 Å². The van der Waals surface area contributed by atoms with Crippen LogP contribution in [0.15, 0.2) is 0 Å². The molecule has 0 amide bonds. The average Bonchev–Trinajstić information content (AvgIpc) is 2.68. The normalized spacial score (nSPS) is 42.2. The molecule has 0 aromatic rings. The van der Waals surface area contributed by atoms with Crippen LogP contribution in [-0.2, 0) is 14.2 Å². The van der Waals surface area contributed by atoms with E-state index in [9.17, 15) is 0 Å². The van der Waals surface area contributed by atoms with E-state index >= 15 is 0 Å². The van der Waals surface area contributed by atoms with Crippen LogP contribution < -0.4 is 5.32 Å². The summed E-state index contributed by atoms with van der Waals surface area (Å²) in [6.45, 7) is 1.18. The molecular formula is C8H14ClNO3. The molecule has 0 bridgehead atoms. The lowest BCUT2D eigenvalue weighted by molar-refractivity contribution is -0.213. The molecule has 3 atom stereocenters. The maximum absolute atomic E-state index is 6.06. The van der Waals surface area contributed by atoms with Gasteiger partial charge in [0.15, 0.2) is 0 Å². The van der Waals surface area contributed by atoms with Gasteiger partial charge in [0.2, 0.25) is 5.79 Å². The van der Waals surface area contributed by atoms with E-state index in [2.05, 4.69) is 5.32 Å². The number of nitrogens with one attached hydrogen (secondary N) is 1. The molecule has 2 aliphatic rings. The molecule has 5 heteroatoms. The third kappa shape index (κ3) is 1.28. The Morgan fingerprint density at radius 1 is 1.46 bits per heavy atom. The number of alkyl halides is 1. The SMILES string of the molecule is COC1(OC)CO[C@@H]2[C@@H](Cl)CN[C@@H]21. The van der Waals surface area contributed by atoms with Gasteiger partial charge in [-0.25, -0.2) is 0 Å². The molecule has 4 nitrogen and oxygen atoms in total. The highest BCUT2D eigenvalue weighted by molar-refractivity contribution is 6.21. The second-order valence-electron chi connectivity index (χ2n) is 3.40. The van der Waals surface area contributed by atoms with Gasteiger partial charge in [-0.2, -0.15) is 0 Å². The number of fused-ring (bicyclic) bond motifs is 1. The van der Waals surface area contributed by atoms with E-state index in [0.717, 1.165) is 6.54 Å². The predicted molar refractivity (Wildman–Crippen MR) is 47.9 cm³/mol. The van der Waals surface area contributed by atoms with Gasteiger partial charge in [0.25, 0.3) is 0 Å². The Morgan fingerprint density at radius 3 is 2.77 bits per heavy atom. The van der Waals surface area contributed by atoms with Crippen LogP contribution >= 0.6 is 11.6 Å². The molecule has 1 N–H and O–H groups in total. The molecule has 2 rings (SSSR count). The quantitative estimate of drug-likeness (QED) is 0.509. The van der Waals surface area contributed by atoms with Crippen LogP contribution in [0.4, 0.5) is 0 Å². The van der Waals surface area contributed by atoms with Gasteiger partial charge in [0.05, 0.1) is 17.5 Å². The summed E-state index contributed by atoms with van der Waals surface area (Å²) in [6, 6.07) is 0.0463. The van der Waals surface area contributed by atoms with Crippen molar-refractivity contribution in [1.82, 2.24) is 5.32 Å². The Hall–Kier alpha value is 0.130. The van der Waals surface area contributed by atoms with Gasteiger partial charge in [-0.05, 0) is 0 Å². The van der Waals surface area contributed by atoms with E-state index in [4.69, 9.17) is 25.8 Å². The lowest BCUT2D eigenvalue weighted by atomic mass is 10.1. The lowest BCUT2D eigenvalue weighted by Gasteiger charge is -2.29. The van der Waals surface area contributed by atoms with Crippen LogP contribution in [0.25, 0.3) is 0 Å². The van der Waals surface area contributed by atoms with E-state index in [-0.39, 0.29) is 17.5 Å². The van der Waals surface area contributed by atoms with Gasteiger partial charge in [0.1, 0.15) is 6.61 Å². The Labute approximate surface area is 82.5 Å². The van der Waals surface area contributed by atoms with Crippen LogP contribution in [0.2, 0.25) is 0 Å². The van der Waals surface area contributed by atoms with E-state index in [1.807, 2.05) is 0 Å². The minimum atomic E-state index is -0.658. The van der Waals surface area contributed by atoms with Crippen LogP contribution in [0.5, 0.6) is 0 Å². The number of rotatable bonds is 2. The summed E-state index contributed by atoms with van der Waals surface area (Å²) in [5, 5.41) is 3.27. The fraction of sp³-hybridized carbons (Fsp3) is 1.00. The zero-order valence-electron chi connectivity index (χ0n) is 7.75. The smallest absolute Gasteiger partial charge is 0.209 e. The summed E-state index contributed by atoms with van der Waals surface area (Å²) in [7, 11) is 3.25. The minimum absolute atomic E-state index is 0.00145. The van der Waals surface area contributed by atoms with Crippen molar-refractivity contribution in [1.29, 1.82) is 0 Å². The van der Waals surface area contributed by atoms with Crippen molar-refractivity contribution >= 4 is 11.6 Å². The van der Waals surface area contributed by atoms with Gasteiger partial charge >= 0.3 is 0 Å². The van der Waals surface area contributed by atoms with Crippen molar-refractivity contribution in [3.63, 3.8) is 0 Å². The lowest BCUT2D eigenvalue weighted by Crippen LogP contribution is -2.51. The third-order valence-electron chi connectivity index (χ3n) is 2.86. The van der Waals surface area contributed by atoms with Crippen molar-refractivity contribution in [2.24, 2.45) is 0 Å². The second kappa shape index (κ2) is 3.37. The van der Waals surface area contributed by atoms with Crippen molar-refractivity contribution in [3.8, 4) is 0 Å². The summed E-state index contributed by atoms with van der Waals surface area (Å²) in [5.41, 5.74) is 0. The zero-order chi connectivity index (χ0) is 9.47. The van der Waals surface area contributed by atoms with Crippen molar-refractivity contribution < 1.29 is 14.2 Å². The standard InChI is InChI=1S/C8H14ClNO3/c1-11-8(12-2)4-13-6-5(9)3-10-7(6)8/h5-7,10H,3-4H2,1-2H3/t5-,6+,7-/m0/s1. The Bertz CT molecular complexity index is 198. The highest BCUT2D eigenvalue weighted by Crippen LogP contribution is 2.35. The van der Waals surface area contributed by atoms with E-state index in [1.165, 1.54) is 0 Å². The van der Waals surface area contributed by atoms with E-state index < -0.39 is 5.79 Å². The molecule has 2 saturated heterocycles. The van der Waals surface area contributed by atoms with Crippen molar-refractivity contribution in [2.75, 3.05) is 27.4 Å². The maximum Gasteiger partial charge on any atom is 0.209 e. The molecule has 2 heterocycles. The molecule has 0 saturated carbocycles. The summed E-state index contributed by atoms with van der Waals surface area (Å²) < 4.78 is 16.2. The third-order valence-corrected chi connectivity index (χ3v) is 3.26. The van der Waals surface area contributed by atoms with Crippen LogP contribution in [0.1, 0.15) is 0 Å². The highest BCUT2D eigenvalue weighted by Gasteiger charge is 2.56. The van der Waals surface area contributed by atoms with E-state index in [0.29, 0.717) is 6.61 Å². The van der Waals surface area contributed by atoms with Crippen molar-refractivity contribution in [2.45, 2.75) is 23.3 Å². The first-order valence-electron chi connectivity index (χ1n) is 4.33. The van der Waals surface area contributed by atoms with E-state index in [1.54, 1.807) is 14.2 Å². The molecule has 0 spiro atoms. The molecular weight excluding hydrogens is 194 g/mol. The van der Waals surface area contributed by atoms with Gasteiger partial charge in [-0.1, -0.05) is 0 Å². The molecule has 2 fully saturated rings. The molecule has 0 aliphatic carbocycles. The topological polar surface area (TPSA) is 39.7 Å². The fourth-order valence-electron chi connectivity index (χ4n) is 2.04. The largest absolute Gasteiger partial charge is 0.369 e. The maximum atomic E-state index is 6.06. The molecule has 0 aromatic heterocycles. The first-order valence-corrected chi connectivity index (χ1v) is 4.76.